The van der Waals surface area contributed by atoms with Crippen molar-refractivity contribution >= 4 is 18.3 Å². The number of halogens is 1. The molecule has 0 unspecified atom stereocenters. The third kappa shape index (κ3) is 3.31. The van der Waals surface area contributed by atoms with Crippen molar-refractivity contribution in [3.8, 4) is 11.5 Å². The van der Waals surface area contributed by atoms with Gasteiger partial charge >= 0.3 is 0 Å². The molecule has 1 heterocycles. The number of hydrogen-bond acceptors (Lipinski definition) is 4. The van der Waals surface area contributed by atoms with Crippen LogP contribution in [0.2, 0.25) is 0 Å². The van der Waals surface area contributed by atoms with Crippen LogP contribution in [0.5, 0.6) is 11.5 Å². The molecule has 0 radical (unpaired) electrons. The zero-order valence-electron chi connectivity index (χ0n) is 12.8. The Bertz CT molecular complexity index is 538. The van der Waals surface area contributed by atoms with Gasteiger partial charge in [0, 0.05) is 19.5 Å². The van der Waals surface area contributed by atoms with Crippen molar-refractivity contribution < 1.29 is 14.3 Å². The number of hydrogen-bond donors (Lipinski definition) is 1. The van der Waals surface area contributed by atoms with Crippen LogP contribution in [0.25, 0.3) is 0 Å². The highest BCUT2D eigenvalue weighted by atomic mass is 35.5. The van der Waals surface area contributed by atoms with E-state index >= 15 is 0 Å². The molecule has 0 saturated heterocycles. The molecule has 122 valence electrons. The molecule has 6 heteroatoms. The summed E-state index contributed by atoms with van der Waals surface area (Å²) in [5, 5.41) is 0. The van der Waals surface area contributed by atoms with Crippen molar-refractivity contribution in [2.75, 3.05) is 20.4 Å². The van der Waals surface area contributed by atoms with E-state index in [0.29, 0.717) is 19.0 Å². The average Bonchev–Trinajstić information content (AvgIpc) is 3.14. The lowest BCUT2D eigenvalue weighted by molar-refractivity contribution is -0.135. The summed E-state index contributed by atoms with van der Waals surface area (Å²) in [5.41, 5.74) is 6.83. The van der Waals surface area contributed by atoms with E-state index < -0.39 is 0 Å². The monoisotopic (exact) mass is 326 g/mol. The van der Waals surface area contributed by atoms with Crippen LogP contribution in [-0.4, -0.2) is 31.2 Å². The van der Waals surface area contributed by atoms with Crippen LogP contribution in [0.1, 0.15) is 24.8 Å². The Morgan fingerprint density at radius 3 is 2.86 bits per heavy atom. The molecule has 1 aromatic carbocycles. The fourth-order valence-electron chi connectivity index (χ4n) is 3.32. The fourth-order valence-corrected chi connectivity index (χ4v) is 3.32. The summed E-state index contributed by atoms with van der Waals surface area (Å²) in [6, 6.07) is 5.82. The van der Waals surface area contributed by atoms with Gasteiger partial charge in [-0.15, -0.1) is 12.4 Å². The van der Waals surface area contributed by atoms with Gasteiger partial charge in [-0.05, 0) is 43.0 Å². The van der Waals surface area contributed by atoms with Crippen molar-refractivity contribution in [1.29, 1.82) is 0 Å². The van der Waals surface area contributed by atoms with Crippen molar-refractivity contribution in [2.45, 2.75) is 25.8 Å². The second-order valence-electron chi connectivity index (χ2n) is 5.92. The number of nitrogens with zero attached hydrogens (tertiary/aromatic N) is 1. The minimum absolute atomic E-state index is 0. The van der Waals surface area contributed by atoms with E-state index in [-0.39, 0.29) is 31.0 Å². The molecule has 1 fully saturated rings. The highest BCUT2D eigenvalue weighted by Gasteiger charge is 2.33. The van der Waals surface area contributed by atoms with Gasteiger partial charge in [-0.25, -0.2) is 0 Å². The normalized spacial score (nSPS) is 22.3. The van der Waals surface area contributed by atoms with Crippen molar-refractivity contribution in [1.82, 2.24) is 4.90 Å². The number of carbonyl (C=O) groups is 1. The molecule has 0 spiro atoms. The average molecular weight is 327 g/mol. The van der Waals surface area contributed by atoms with E-state index in [1.54, 1.807) is 4.90 Å². The summed E-state index contributed by atoms with van der Waals surface area (Å²) in [4.78, 5) is 14.4. The Morgan fingerprint density at radius 2 is 2.09 bits per heavy atom. The number of rotatable bonds is 4. The van der Waals surface area contributed by atoms with Crippen LogP contribution in [-0.2, 0) is 11.3 Å². The maximum atomic E-state index is 12.6. The maximum Gasteiger partial charge on any atom is 0.231 e. The Kier molecular flexibility index (Phi) is 5.53. The first-order valence-electron chi connectivity index (χ1n) is 7.52. The number of fused-ring (bicyclic) bond motifs is 1. The van der Waals surface area contributed by atoms with Crippen molar-refractivity contribution in [2.24, 2.45) is 17.6 Å². The molecule has 0 aromatic heterocycles. The molecule has 2 atom stereocenters. The number of carbonyl (C=O) groups excluding carboxylic acids is 1. The van der Waals surface area contributed by atoms with Crippen LogP contribution in [0.4, 0.5) is 0 Å². The Labute approximate surface area is 137 Å². The smallest absolute Gasteiger partial charge is 0.231 e. The van der Waals surface area contributed by atoms with E-state index in [9.17, 15) is 4.79 Å². The van der Waals surface area contributed by atoms with Gasteiger partial charge in [0.05, 0.1) is 0 Å². The summed E-state index contributed by atoms with van der Waals surface area (Å²) in [6.07, 6.45) is 3.15. The molecule has 1 saturated carbocycles. The van der Waals surface area contributed by atoms with Crippen LogP contribution < -0.4 is 15.2 Å². The first kappa shape index (κ1) is 16.9. The zero-order chi connectivity index (χ0) is 14.8. The third-order valence-electron chi connectivity index (χ3n) is 4.51. The fraction of sp³-hybridized carbons (Fsp3) is 0.562. The van der Waals surface area contributed by atoms with Crippen LogP contribution in [0.3, 0.4) is 0 Å². The van der Waals surface area contributed by atoms with E-state index in [0.717, 1.165) is 36.3 Å². The van der Waals surface area contributed by atoms with Gasteiger partial charge < -0.3 is 20.1 Å². The van der Waals surface area contributed by atoms with Crippen LogP contribution >= 0.6 is 12.4 Å². The molecule has 1 aliphatic heterocycles. The van der Waals surface area contributed by atoms with Gasteiger partial charge in [-0.1, -0.05) is 12.5 Å². The van der Waals surface area contributed by atoms with E-state index in [1.807, 2.05) is 25.2 Å². The number of amides is 1. The van der Waals surface area contributed by atoms with Gasteiger partial charge in [0.25, 0.3) is 0 Å². The number of nitrogens with two attached hydrogens (primary N) is 1. The molecule has 1 aromatic rings. The predicted octanol–water partition coefficient (Wildman–Crippen LogP) is 2.17. The quantitative estimate of drug-likeness (QED) is 0.921. The largest absolute Gasteiger partial charge is 0.454 e. The molecule has 0 bridgehead atoms. The SMILES string of the molecule is CN(Cc1ccc2c(c1)OCO2)C(=O)[C@@H]1CCC[C@@H]1CN.Cl. The molecule has 1 amide bonds. The molecule has 2 N–H and O–H groups in total. The van der Waals surface area contributed by atoms with E-state index in [1.165, 1.54) is 0 Å². The molecule has 2 aliphatic rings. The lowest BCUT2D eigenvalue weighted by Crippen LogP contribution is -2.36. The van der Waals surface area contributed by atoms with Gasteiger partial charge in [0.15, 0.2) is 11.5 Å². The van der Waals surface area contributed by atoms with Gasteiger partial charge in [-0.3, -0.25) is 4.79 Å². The minimum Gasteiger partial charge on any atom is -0.454 e. The van der Waals surface area contributed by atoms with Crippen molar-refractivity contribution in [3.63, 3.8) is 0 Å². The summed E-state index contributed by atoms with van der Waals surface area (Å²) in [5.74, 6) is 2.17. The van der Waals surface area contributed by atoms with E-state index in [2.05, 4.69) is 0 Å². The molecule has 22 heavy (non-hydrogen) atoms. The highest BCUT2D eigenvalue weighted by molar-refractivity contribution is 5.85. The minimum atomic E-state index is 0. The highest BCUT2D eigenvalue weighted by Crippen LogP contribution is 2.34. The molecule has 5 nitrogen and oxygen atoms in total. The first-order valence-corrected chi connectivity index (χ1v) is 7.52. The summed E-state index contributed by atoms with van der Waals surface area (Å²) >= 11 is 0. The summed E-state index contributed by atoms with van der Waals surface area (Å²) in [6.45, 7) is 1.46. The molecule has 1 aliphatic carbocycles. The molecular formula is C16H23ClN2O3. The second kappa shape index (κ2) is 7.20. The van der Waals surface area contributed by atoms with Gasteiger partial charge in [0.2, 0.25) is 12.7 Å². The van der Waals surface area contributed by atoms with E-state index in [4.69, 9.17) is 15.2 Å². The zero-order valence-corrected chi connectivity index (χ0v) is 13.6. The van der Waals surface area contributed by atoms with Crippen LogP contribution in [0, 0.1) is 11.8 Å². The lowest BCUT2D eigenvalue weighted by Gasteiger charge is -2.24. The summed E-state index contributed by atoms with van der Waals surface area (Å²) < 4.78 is 10.7. The second-order valence-corrected chi connectivity index (χ2v) is 5.92. The maximum absolute atomic E-state index is 12.6. The molecular weight excluding hydrogens is 304 g/mol. The van der Waals surface area contributed by atoms with Gasteiger partial charge in [-0.2, -0.15) is 0 Å². The topological polar surface area (TPSA) is 64.8 Å². The summed E-state index contributed by atoms with van der Waals surface area (Å²) in [7, 11) is 1.86. The Hall–Kier alpha value is -1.46. The standard InChI is InChI=1S/C16H22N2O3.ClH/c1-18(16(19)13-4-2-3-12(13)8-17)9-11-5-6-14-15(7-11)21-10-20-14;/h5-7,12-13H,2-4,8-10,17H2,1H3;1H/t12-,13-;/m1./s1. The predicted molar refractivity (Wildman–Crippen MR) is 86.2 cm³/mol. The Balaban J connectivity index is 0.00000176. The third-order valence-corrected chi connectivity index (χ3v) is 4.51. The van der Waals surface area contributed by atoms with Crippen LogP contribution in [0.15, 0.2) is 18.2 Å². The van der Waals surface area contributed by atoms with Gasteiger partial charge in [0.1, 0.15) is 0 Å². The van der Waals surface area contributed by atoms with Crippen molar-refractivity contribution in [3.05, 3.63) is 23.8 Å². The number of benzene rings is 1. The first-order chi connectivity index (χ1) is 10.2. The number of ether oxygens (including phenoxy) is 2. The lowest BCUT2D eigenvalue weighted by atomic mass is 9.95. The Morgan fingerprint density at radius 1 is 1.32 bits per heavy atom. The molecule has 3 rings (SSSR count).